The molecular formula is C16H21N3O2. The minimum absolute atomic E-state index is 0.122. The lowest BCUT2D eigenvalue weighted by atomic mass is 9.88. The zero-order valence-electron chi connectivity index (χ0n) is 12.3. The number of aromatic nitrogens is 2. The molecule has 0 fully saturated rings. The van der Waals surface area contributed by atoms with Gasteiger partial charge in [0, 0.05) is 12.5 Å². The first kappa shape index (κ1) is 14.1. The van der Waals surface area contributed by atoms with Crippen LogP contribution >= 0.6 is 0 Å². The summed E-state index contributed by atoms with van der Waals surface area (Å²) >= 11 is 0. The van der Waals surface area contributed by atoms with E-state index in [1.54, 1.807) is 0 Å². The van der Waals surface area contributed by atoms with Gasteiger partial charge in [0.05, 0.1) is 0 Å². The summed E-state index contributed by atoms with van der Waals surface area (Å²) in [6, 6.07) is 6.26. The molecule has 1 aromatic heterocycles. The van der Waals surface area contributed by atoms with Crippen molar-refractivity contribution in [2.75, 3.05) is 0 Å². The van der Waals surface area contributed by atoms with Gasteiger partial charge in [0.25, 0.3) is 5.89 Å². The van der Waals surface area contributed by atoms with Gasteiger partial charge in [-0.15, -0.1) is 0 Å². The normalized spacial score (nSPS) is 17.5. The number of nitrogens with two attached hydrogens (primary N) is 1. The highest BCUT2D eigenvalue weighted by Gasteiger charge is 2.17. The smallest absolute Gasteiger partial charge is 0.264 e. The fourth-order valence-electron chi connectivity index (χ4n) is 2.72. The SMILES string of the molecule is CCCc1noc(COc2ccc3c(c2)C(N)CCC3)n1. The van der Waals surface area contributed by atoms with Gasteiger partial charge in [-0.1, -0.05) is 18.1 Å². The van der Waals surface area contributed by atoms with E-state index in [9.17, 15) is 0 Å². The Labute approximate surface area is 124 Å². The molecule has 0 amide bonds. The van der Waals surface area contributed by atoms with Gasteiger partial charge >= 0.3 is 0 Å². The van der Waals surface area contributed by atoms with Crippen molar-refractivity contribution in [3.63, 3.8) is 0 Å². The molecule has 1 unspecified atom stereocenters. The molecule has 1 aromatic carbocycles. The number of aryl methyl sites for hydroxylation is 2. The van der Waals surface area contributed by atoms with Crippen molar-refractivity contribution in [2.45, 2.75) is 51.7 Å². The number of rotatable bonds is 5. The zero-order valence-corrected chi connectivity index (χ0v) is 12.3. The molecule has 0 aliphatic heterocycles. The predicted molar refractivity (Wildman–Crippen MR) is 78.9 cm³/mol. The molecule has 0 saturated carbocycles. The molecule has 112 valence electrons. The molecule has 0 bridgehead atoms. The molecule has 5 heteroatoms. The van der Waals surface area contributed by atoms with Gasteiger partial charge in [-0.2, -0.15) is 4.98 Å². The van der Waals surface area contributed by atoms with Crippen LogP contribution < -0.4 is 10.5 Å². The van der Waals surface area contributed by atoms with Crippen LogP contribution in [0.25, 0.3) is 0 Å². The minimum atomic E-state index is 0.122. The van der Waals surface area contributed by atoms with Crippen LogP contribution in [0.3, 0.4) is 0 Å². The van der Waals surface area contributed by atoms with Crippen LogP contribution in [0.15, 0.2) is 22.7 Å². The van der Waals surface area contributed by atoms with Crippen molar-refractivity contribution in [1.82, 2.24) is 10.1 Å². The molecule has 1 aliphatic carbocycles. The summed E-state index contributed by atoms with van der Waals surface area (Å²) < 4.78 is 10.9. The van der Waals surface area contributed by atoms with Gasteiger partial charge < -0.3 is 15.0 Å². The maximum absolute atomic E-state index is 6.16. The second-order valence-electron chi connectivity index (χ2n) is 5.50. The molecule has 2 aromatic rings. The number of hydrogen-bond acceptors (Lipinski definition) is 5. The fraction of sp³-hybridized carbons (Fsp3) is 0.500. The first-order valence-electron chi connectivity index (χ1n) is 7.59. The summed E-state index contributed by atoms with van der Waals surface area (Å²) in [6.07, 6.45) is 5.14. The standard InChI is InChI=1S/C16H21N3O2/c1-2-4-15-18-16(21-19-15)10-20-12-8-7-11-5-3-6-14(17)13(11)9-12/h7-9,14H,2-6,10,17H2,1H3. The minimum Gasteiger partial charge on any atom is -0.484 e. The monoisotopic (exact) mass is 287 g/mol. The van der Waals surface area contributed by atoms with E-state index >= 15 is 0 Å². The largest absolute Gasteiger partial charge is 0.484 e. The summed E-state index contributed by atoms with van der Waals surface area (Å²) in [5.41, 5.74) is 8.70. The molecule has 21 heavy (non-hydrogen) atoms. The fourth-order valence-corrected chi connectivity index (χ4v) is 2.72. The number of ether oxygens (including phenoxy) is 1. The van der Waals surface area contributed by atoms with E-state index < -0.39 is 0 Å². The van der Waals surface area contributed by atoms with Crippen molar-refractivity contribution in [3.05, 3.63) is 41.0 Å². The Balaban J connectivity index is 1.66. The molecule has 3 rings (SSSR count). The summed E-state index contributed by atoms with van der Waals surface area (Å²) in [6.45, 7) is 2.38. The van der Waals surface area contributed by atoms with Crippen molar-refractivity contribution < 1.29 is 9.26 Å². The second-order valence-corrected chi connectivity index (χ2v) is 5.50. The average Bonchev–Trinajstić information content (AvgIpc) is 2.94. The lowest BCUT2D eigenvalue weighted by Gasteiger charge is -2.22. The van der Waals surface area contributed by atoms with Gasteiger partial charge in [0.1, 0.15) is 5.75 Å². The third-order valence-corrected chi connectivity index (χ3v) is 3.82. The topological polar surface area (TPSA) is 74.2 Å². The Morgan fingerprint density at radius 3 is 3.19 bits per heavy atom. The molecule has 0 spiro atoms. The first-order valence-corrected chi connectivity index (χ1v) is 7.59. The van der Waals surface area contributed by atoms with E-state index in [0.29, 0.717) is 12.5 Å². The van der Waals surface area contributed by atoms with E-state index in [-0.39, 0.29) is 6.04 Å². The highest BCUT2D eigenvalue weighted by Crippen LogP contribution is 2.31. The van der Waals surface area contributed by atoms with Crippen LogP contribution in [0.4, 0.5) is 0 Å². The van der Waals surface area contributed by atoms with Crippen LogP contribution in [0, 0.1) is 0 Å². The average molecular weight is 287 g/mol. The summed E-state index contributed by atoms with van der Waals surface area (Å²) in [7, 11) is 0. The van der Waals surface area contributed by atoms with Crippen LogP contribution in [-0.2, 0) is 19.4 Å². The first-order chi connectivity index (χ1) is 10.3. The van der Waals surface area contributed by atoms with E-state index in [0.717, 1.165) is 43.7 Å². The Kier molecular flexibility index (Phi) is 4.20. The van der Waals surface area contributed by atoms with Gasteiger partial charge in [-0.05, 0) is 48.9 Å². The zero-order chi connectivity index (χ0) is 14.7. The van der Waals surface area contributed by atoms with Crippen molar-refractivity contribution in [2.24, 2.45) is 5.73 Å². The number of fused-ring (bicyclic) bond motifs is 1. The molecule has 1 atom stereocenters. The second kappa shape index (κ2) is 6.26. The number of benzene rings is 1. The number of nitrogens with zero attached hydrogens (tertiary/aromatic N) is 2. The molecule has 5 nitrogen and oxygen atoms in total. The van der Waals surface area contributed by atoms with Crippen molar-refractivity contribution >= 4 is 0 Å². The Bertz CT molecular complexity index is 609. The van der Waals surface area contributed by atoms with Gasteiger partial charge in [-0.3, -0.25) is 0 Å². The summed E-state index contributed by atoms with van der Waals surface area (Å²) in [5, 5.41) is 3.91. The third-order valence-electron chi connectivity index (χ3n) is 3.82. The predicted octanol–water partition coefficient (Wildman–Crippen LogP) is 2.94. The summed E-state index contributed by atoms with van der Waals surface area (Å²) in [5.74, 6) is 2.06. The maximum Gasteiger partial charge on any atom is 0.264 e. The Morgan fingerprint density at radius 1 is 1.43 bits per heavy atom. The van der Waals surface area contributed by atoms with Gasteiger partial charge in [-0.25, -0.2) is 0 Å². The lowest BCUT2D eigenvalue weighted by molar-refractivity contribution is 0.242. The molecule has 1 aliphatic rings. The van der Waals surface area contributed by atoms with Crippen LogP contribution in [0.2, 0.25) is 0 Å². The molecule has 1 heterocycles. The molecule has 0 saturated heterocycles. The quantitative estimate of drug-likeness (QED) is 0.915. The summed E-state index contributed by atoms with van der Waals surface area (Å²) in [4.78, 5) is 4.29. The van der Waals surface area contributed by atoms with Crippen LogP contribution in [-0.4, -0.2) is 10.1 Å². The van der Waals surface area contributed by atoms with Crippen LogP contribution in [0.1, 0.15) is 55.1 Å². The highest BCUT2D eigenvalue weighted by molar-refractivity contribution is 5.39. The van der Waals surface area contributed by atoms with Gasteiger partial charge in [0.15, 0.2) is 12.4 Å². The van der Waals surface area contributed by atoms with E-state index in [2.05, 4.69) is 23.1 Å². The molecule has 2 N–H and O–H groups in total. The molecule has 0 radical (unpaired) electrons. The van der Waals surface area contributed by atoms with Gasteiger partial charge in [0.2, 0.25) is 0 Å². The number of hydrogen-bond donors (Lipinski definition) is 1. The Hall–Kier alpha value is -1.88. The lowest BCUT2D eigenvalue weighted by Crippen LogP contribution is -2.17. The highest BCUT2D eigenvalue weighted by atomic mass is 16.5. The van der Waals surface area contributed by atoms with Crippen molar-refractivity contribution in [1.29, 1.82) is 0 Å². The van der Waals surface area contributed by atoms with E-state index in [1.165, 1.54) is 11.1 Å². The maximum atomic E-state index is 6.16. The van der Waals surface area contributed by atoms with E-state index in [4.69, 9.17) is 15.0 Å². The van der Waals surface area contributed by atoms with Crippen LogP contribution in [0.5, 0.6) is 5.75 Å². The Morgan fingerprint density at radius 2 is 2.33 bits per heavy atom. The third kappa shape index (κ3) is 3.24. The van der Waals surface area contributed by atoms with Crippen molar-refractivity contribution in [3.8, 4) is 5.75 Å². The van der Waals surface area contributed by atoms with E-state index in [1.807, 2.05) is 12.1 Å². The molecular weight excluding hydrogens is 266 g/mol.